The third kappa shape index (κ3) is 5.16. The van der Waals surface area contributed by atoms with Crippen molar-refractivity contribution in [3.8, 4) is 5.75 Å². The molecular formula is C17H20N2OS. The van der Waals surface area contributed by atoms with Crippen molar-refractivity contribution in [2.24, 2.45) is 10.7 Å². The average molecular weight is 300 g/mol. The van der Waals surface area contributed by atoms with Gasteiger partial charge in [-0.3, -0.25) is 0 Å². The van der Waals surface area contributed by atoms with E-state index in [0.29, 0.717) is 11.8 Å². The van der Waals surface area contributed by atoms with Gasteiger partial charge in [0.25, 0.3) is 0 Å². The maximum atomic E-state index is 5.92. The first kappa shape index (κ1) is 15.4. The number of para-hydroxylation sites is 1. The Kier molecular flexibility index (Phi) is 5.69. The fraction of sp³-hybridized carbons (Fsp3) is 0.235. The van der Waals surface area contributed by atoms with E-state index in [2.05, 4.69) is 4.99 Å². The molecule has 4 heteroatoms. The predicted molar refractivity (Wildman–Crippen MR) is 91.6 cm³/mol. The third-order valence-corrected chi connectivity index (χ3v) is 3.68. The standard InChI is InChI=1S/C17H20N2OS/c1-13-6-5-8-15(12-13)19-17(18)21-11-10-20-16-9-4-3-7-14(16)2/h3-9,12H,10-11H2,1-2H3,(H2,18,19). The summed E-state index contributed by atoms with van der Waals surface area (Å²) in [7, 11) is 0. The molecule has 0 atom stereocenters. The number of nitrogens with zero attached hydrogens (tertiary/aromatic N) is 1. The highest BCUT2D eigenvalue weighted by Crippen LogP contribution is 2.17. The number of aliphatic imine (C=N–C) groups is 1. The van der Waals surface area contributed by atoms with Gasteiger partial charge in [-0.15, -0.1) is 0 Å². The van der Waals surface area contributed by atoms with Crippen molar-refractivity contribution in [2.75, 3.05) is 12.4 Å². The Labute approximate surface area is 130 Å². The van der Waals surface area contributed by atoms with Crippen LogP contribution in [-0.4, -0.2) is 17.5 Å². The molecule has 2 aromatic rings. The van der Waals surface area contributed by atoms with Crippen molar-refractivity contribution in [1.82, 2.24) is 0 Å². The van der Waals surface area contributed by atoms with E-state index >= 15 is 0 Å². The number of hydrogen-bond acceptors (Lipinski definition) is 3. The van der Waals surface area contributed by atoms with E-state index in [1.807, 2.05) is 62.4 Å². The molecule has 0 amide bonds. The van der Waals surface area contributed by atoms with Gasteiger partial charge in [-0.05, 0) is 43.2 Å². The van der Waals surface area contributed by atoms with Crippen LogP contribution in [0.15, 0.2) is 53.5 Å². The summed E-state index contributed by atoms with van der Waals surface area (Å²) in [6, 6.07) is 16.0. The average Bonchev–Trinajstić information content (AvgIpc) is 2.45. The molecule has 0 saturated carbocycles. The van der Waals surface area contributed by atoms with E-state index < -0.39 is 0 Å². The van der Waals surface area contributed by atoms with E-state index in [1.54, 1.807) is 0 Å². The lowest BCUT2D eigenvalue weighted by Crippen LogP contribution is -2.10. The molecular weight excluding hydrogens is 280 g/mol. The highest BCUT2D eigenvalue weighted by atomic mass is 32.2. The van der Waals surface area contributed by atoms with Crippen LogP contribution in [-0.2, 0) is 0 Å². The second-order valence-corrected chi connectivity index (χ2v) is 5.87. The molecule has 0 bridgehead atoms. The van der Waals surface area contributed by atoms with Gasteiger partial charge in [0.1, 0.15) is 5.75 Å². The monoisotopic (exact) mass is 300 g/mol. The Morgan fingerprint density at radius 1 is 1.14 bits per heavy atom. The molecule has 0 heterocycles. The summed E-state index contributed by atoms with van der Waals surface area (Å²) in [4.78, 5) is 4.38. The van der Waals surface area contributed by atoms with Crippen LogP contribution in [0.4, 0.5) is 5.69 Å². The molecule has 0 aliphatic carbocycles. The fourth-order valence-electron chi connectivity index (χ4n) is 1.87. The molecule has 0 aliphatic heterocycles. The van der Waals surface area contributed by atoms with Crippen molar-refractivity contribution in [1.29, 1.82) is 0 Å². The van der Waals surface area contributed by atoms with Crippen LogP contribution in [0.5, 0.6) is 5.75 Å². The minimum absolute atomic E-state index is 0.564. The molecule has 2 aromatic carbocycles. The van der Waals surface area contributed by atoms with Crippen molar-refractivity contribution in [3.63, 3.8) is 0 Å². The second kappa shape index (κ2) is 7.74. The third-order valence-electron chi connectivity index (χ3n) is 2.93. The number of thioether (sulfide) groups is 1. The van der Waals surface area contributed by atoms with Gasteiger partial charge in [0.05, 0.1) is 12.3 Å². The zero-order valence-corrected chi connectivity index (χ0v) is 13.2. The Morgan fingerprint density at radius 3 is 2.71 bits per heavy atom. The van der Waals surface area contributed by atoms with E-state index in [4.69, 9.17) is 10.5 Å². The highest BCUT2D eigenvalue weighted by molar-refractivity contribution is 8.13. The SMILES string of the molecule is Cc1cccc(N=C(N)SCCOc2ccccc2C)c1. The van der Waals surface area contributed by atoms with Crippen LogP contribution in [0, 0.1) is 13.8 Å². The minimum Gasteiger partial charge on any atom is -0.492 e. The van der Waals surface area contributed by atoms with Crippen molar-refractivity contribution >= 4 is 22.6 Å². The normalized spacial score (nSPS) is 11.4. The van der Waals surface area contributed by atoms with Gasteiger partial charge < -0.3 is 10.5 Å². The van der Waals surface area contributed by atoms with Gasteiger partial charge in [-0.1, -0.05) is 42.1 Å². The summed E-state index contributed by atoms with van der Waals surface area (Å²) < 4.78 is 5.73. The molecule has 0 saturated heterocycles. The van der Waals surface area contributed by atoms with Crippen molar-refractivity contribution in [3.05, 3.63) is 59.7 Å². The largest absolute Gasteiger partial charge is 0.492 e. The van der Waals surface area contributed by atoms with Gasteiger partial charge in [0.2, 0.25) is 0 Å². The Hall–Kier alpha value is -1.94. The first-order chi connectivity index (χ1) is 10.1. The molecule has 21 heavy (non-hydrogen) atoms. The predicted octanol–water partition coefficient (Wildman–Crippen LogP) is 4.06. The quantitative estimate of drug-likeness (QED) is 0.514. The van der Waals surface area contributed by atoms with Crippen LogP contribution in [0.25, 0.3) is 0 Å². The van der Waals surface area contributed by atoms with Crippen LogP contribution in [0.2, 0.25) is 0 Å². The molecule has 2 rings (SSSR count). The number of aryl methyl sites for hydroxylation is 2. The molecule has 0 aliphatic rings. The number of amidine groups is 1. The van der Waals surface area contributed by atoms with Crippen molar-refractivity contribution in [2.45, 2.75) is 13.8 Å². The maximum Gasteiger partial charge on any atom is 0.159 e. The van der Waals surface area contributed by atoms with E-state index in [-0.39, 0.29) is 0 Å². The summed E-state index contributed by atoms with van der Waals surface area (Å²) in [6.45, 7) is 4.69. The molecule has 0 radical (unpaired) electrons. The number of hydrogen-bond donors (Lipinski definition) is 1. The molecule has 0 unspecified atom stereocenters. The lowest BCUT2D eigenvalue weighted by Gasteiger charge is -2.08. The molecule has 3 nitrogen and oxygen atoms in total. The summed E-state index contributed by atoms with van der Waals surface area (Å²) in [5, 5.41) is 0.564. The summed E-state index contributed by atoms with van der Waals surface area (Å²) in [5.74, 6) is 1.70. The lowest BCUT2D eigenvalue weighted by molar-refractivity contribution is 0.342. The molecule has 0 spiro atoms. The number of benzene rings is 2. The highest BCUT2D eigenvalue weighted by Gasteiger charge is 1.99. The van der Waals surface area contributed by atoms with Gasteiger partial charge in [0, 0.05) is 5.75 Å². The van der Waals surface area contributed by atoms with E-state index in [0.717, 1.165) is 22.8 Å². The van der Waals surface area contributed by atoms with Gasteiger partial charge in [-0.25, -0.2) is 4.99 Å². The van der Waals surface area contributed by atoms with Crippen LogP contribution in [0.1, 0.15) is 11.1 Å². The van der Waals surface area contributed by atoms with Gasteiger partial charge >= 0.3 is 0 Å². The Morgan fingerprint density at radius 2 is 1.95 bits per heavy atom. The first-order valence-corrected chi connectivity index (χ1v) is 7.86. The summed E-state index contributed by atoms with van der Waals surface area (Å²) in [5.41, 5.74) is 9.13. The number of ether oxygens (including phenoxy) is 1. The minimum atomic E-state index is 0.564. The van der Waals surface area contributed by atoms with Crippen LogP contribution >= 0.6 is 11.8 Å². The first-order valence-electron chi connectivity index (χ1n) is 6.87. The second-order valence-electron chi connectivity index (χ2n) is 4.75. The maximum absolute atomic E-state index is 5.92. The summed E-state index contributed by atoms with van der Waals surface area (Å²) in [6.07, 6.45) is 0. The molecule has 110 valence electrons. The summed E-state index contributed by atoms with van der Waals surface area (Å²) >= 11 is 1.50. The lowest BCUT2D eigenvalue weighted by atomic mass is 10.2. The zero-order chi connectivity index (χ0) is 15.1. The fourth-order valence-corrected chi connectivity index (χ4v) is 2.42. The van der Waals surface area contributed by atoms with E-state index in [1.165, 1.54) is 17.3 Å². The van der Waals surface area contributed by atoms with Crippen molar-refractivity contribution < 1.29 is 4.74 Å². The zero-order valence-electron chi connectivity index (χ0n) is 12.4. The number of nitrogens with two attached hydrogens (primary N) is 1. The number of rotatable bonds is 5. The van der Waals surface area contributed by atoms with Gasteiger partial charge in [-0.2, -0.15) is 0 Å². The van der Waals surface area contributed by atoms with Crippen LogP contribution in [0.3, 0.4) is 0 Å². The van der Waals surface area contributed by atoms with E-state index in [9.17, 15) is 0 Å². The van der Waals surface area contributed by atoms with Gasteiger partial charge in [0.15, 0.2) is 5.17 Å². The smallest absolute Gasteiger partial charge is 0.159 e. The molecule has 2 N–H and O–H groups in total. The topological polar surface area (TPSA) is 47.6 Å². The Balaban J connectivity index is 1.79. The Bertz CT molecular complexity index is 626. The molecule has 0 aromatic heterocycles. The van der Waals surface area contributed by atoms with Crippen LogP contribution < -0.4 is 10.5 Å². The molecule has 0 fully saturated rings.